The highest BCUT2D eigenvalue weighted by Gasteiger charge is 2.19. The average Bonchev–Trinajstić information content (AvgIpc) is 2.48. The Balaban J connectivity index is 2.39. The molecular formula is C16H22N2O2S. The van der Waals surface area contributed by atoms with Crippen molar-refractivity contribution in [2.45, 2.75) is 31.6 Å². The molecule has 0 radical (unpaired) electrons. The van der Waals surface area contributed by atoms with E-state index in [1.54, 1.807) is 18.2 Å². The molecular weight excluding hydrogens is 284 g/mol. The molecule has 0 aliphatic heterocycles. The van der Waals surface area contributed by atoms with E-state index in [9.17, 15) is 8.42 Å². The first-order valence-corrected chi connectivity index (χ1v) is 8.74. The number of fused-ring (bicyclic) bond motifs is 1. The van der Waals surface area contributed by atoms with Gasteiger partial charge in [0.2, 0.25) is 10.0 Å². The predicted molar refractivity (Wildman–Crippen MR) is 87.6 cm³/mol. The first kappa shape index (κ1) is 15.8. The van der Waals surface area contributed by atoms with Crippen molar-refractivity contribution in [3.05, 3.63) is 36.4 Å². The molecule has 0 unspecified atom stereocenters. The van der Waals surface area contributed by atoms with E-state index in [4.69, 9.17) is 5.73 Å². The van der Waals surface area contributed by atoms with Crippen LogP contribution < -0.4 is 10.5 Å². The Hall–Kier alpha value is -1.59. The molecule has 0 heterocycles. The fraction of sp³-hybridized carbons (Fsp3) is 0.375. The summed E-state index contributed by atoms with van der Waals surface area (Å²) in [5, 5.41) is 1.43. The average molecular weight is 306 g/mol. The van der Waals surface area contributed by atoms with Crippen LogP contribution in [0.2, 0.25) is 0 Å². The molecule has 2 aromatic rings. The van der Waals surface area contributed by atoms with E-state index >= 15 is 0 Å². The lowest BCUT2D eigenvalue weighted by molar-refractivity contribution is 0.479. The van der Waals surface area contributed by atoms with Crippen LogP contribution in [0.25, 0.3) is 10.8 Å². The van der Waals surface area contributed by atoms with Crippen molar-refractivity contribution in [1.29, 1.82) is 0 Å². The van der Waals surface area contributed by atoms with Gasteiger partial charge < -0.3 is 5.73 Å². The molecule has 5 heteroatoms. The fourth-order valence-electron chi connectivity index (χ4n) is 2.41. The molecule has 21 heavy (non-hydrogen) atoms. The van der Waals surface area contributed by atoms with Gasteiger partial charge >= 0.3 is 0 Å². The normalized spacial score (nSPS) is 12.1. The summed E-state index contributed by atoms with van der Waals surface area (Å²) in [6.45, 7) is 4.61. The second-order valence-corrected chi connectivity index (χ2v) is 6.97. The van der Waals surface area contributed by atoms with E-state index in [1.807, 2.05) is 18.2 Å². The number of hydrogen-bond donors (Lipinski definition) is 2. The highest BCUT2D eigenvalue weighted by molar-refractivity contribution is 7.89. The maximum absolute atomic E-state index is 12.5. The molecule has 0 fully saturated rings. The van der Waals surface area contributed by atoms with Crippen LogP contribution in [0.4, 0.5) is 5.69 Å². The van der Waals surface area contributed by atoms with Crippen molar-refractivity contribution < 1.29 is 8.42 Å². The van der Waals surface area contributed by atoms with Gasteiger partial charge in [0.1, 0.15) is 0 Å². The molecule has 2 rings (SSSR count). The van der Waals surface area contributed by atoms with Gasteiger partial charge in [-0.2, -0.15) is 0 Å². The number of nitrogens with one attached hydrogen (secondary N) is 1. The van der Waals surface area contributed by atoms with Gasteiger partial charge in [-0.1, -0.05) is 51.0 Å². The number of hydrogen-bond acceptors (Lipinski definition) is 3. The Morgan fingerprint density at radius 2 is 1.67 bits per heavy atom. The van der Waals surface area contributed by atoms with Gasteiger partial charge in [-0.3, -0.25) is 0 Å². The second kappa shape index (κ2) is 6.45. The van der Waals surface area contributed by atoms with Crippen molar-refractivity contribution in [3.63, 3.8) is 0 Å². The van der Waals surface area contributed by atoms with Gasteiger partial charge in [0.25, 0.3) is 0 Å². The van der Waals surface area contributed by atoms with Crippen LogP contribution in [0.1, 0.15) is 26.7 Å². The first-order chi connectivity index (χ1) is 9.99. The Kier molecular flexibility index (Phi) is 4.85. The van der Waals surface area contributed by atoms with Crippen molar-refractivity contribution in [3.8, 4) is 0 Å². The van der Waals surface area contributed by atoms with Gasteiger partial charge in [0.05, 0.1) is 4.90 Å². The minimum Gasteiger partial charge on any atom is -0.398 e. The summed E-state index contributed by atoms with van der Waals surface area (Å²) < 4.78 is 27.8. The lowest BCUT2D eigenvalue weighted by Crippen LogP contribution is -2.29. The maximum Gasteiger partial charge on any atom is 0.241 e. The summed E-state index contributed by atoms with van der Waals surface area (Å²) in [7, 11) is -3.52. The first-order valence-electron chi connectivity index (χ1n) is 7.26. The Bertz CT molecular complexity index is 722. The van der Waals surface area contributed by atoms with Crippen molar-refractivity contribution in [1.82, 2.24) is 4.72 Å². The molecule has 0 amide bonds. The van der Waals surface area contributed by atoms with Gasteiger partial charge in [0, 0.05) is 23.0 Å². The third-order valence-corrected chi connectivity index (χ3v) is 5.41. The third-order valence-electron chi connectivity index (χ3n) is 3.92. The number of nitrogen functional groups attached to an aromatic ring is 1. The van der Waals surface area contributed by atoms with Crippen molar-refractivity contribution in [2.75, 3.05) is 12.3 Å². The Morgan fingerprint density at radius 3 is 2.29 bits per heavy atom. The van der Waals surface area contributed by atoms with Crippen LogP contribution >= 0.6 is 0 Å². The van der Waals surface area contributed by atoms with E-state index in [2.05, 4.69) is 18.6 Å². The lowest BCUT2D eigenvalue weighted by atomic mass is 10.0. The fourth-order valence-corrected chi connectivity index (χ4v) is 3.74. The summed E-state index contributed by atoms with van der Waals surface area (Å²) in [6.07, 6.45) is 1.92. The molecule has 0 bridgehead atoms. The number of benzene rings is 2. The van der Waals surface area contributed by atoms with E-state index in [1.165, 1.54) is 0 Å². The number of anilines is 1. The highest BCUT2D eigenvalue weighted by atomic mass is 32.2. The molecule has 2 aromatic carbocycles. The van der Waals surface area contributed by atoms with Crippen molar-refractivity contribution in [2.24, 2.45) is 5.92 Å². The summed E-state index contributed by atoms with van der Waals surface area (Å²) in [4.78, 5) is 0.290. The quantitative estimate of drug-likeness (QED) is 0.805. The smallest absolute Gasteiger partial charge is 0.241 e. The number of rotatable bonds is 6. The molecule has 0 aliphatic carbocycles. The van der Waals surface area contributed by atoms with Gasteiger partial charge in [0.15, 0.2) is 0 Å². The standard InChI is InChI=1S/C16H22N2O2S/c1-3-12(4-2)11-18-21(19,20)16-10-9-15(17)13-7-5-6-8-14(13)16/h5-10,12,18H,3-4,11,17H2,1-2H3. The zero-order valence-electron chi connectivity index (χ0n) is 12.5. The molecule has 0 spiro atoms. The van der Waals surface area contributed by atoms with Crippen LogP contribution in [0.3, 0.4) is 0 Å². The zero-order chi connectivity index (χ0) is 15.5. The zero-order valence-corrected chi connectivity index (χ0v) is 13.3. The number of nitrogens with two attached hydrogens (primary N) is 1. The molecule has 0 aliphatic rings. The Morgan fingerprint density at radius 1 is 1.05 bits per heavy atom. The molecule has 0 aromatic heterocycles. The van der Waals surface area contributed by atoms with Gasteiger partial charge in [-0.05, 0) is 18.1 Å². The summed E-state index contributed by atoms with van der Waals surface area (Å²) in [5.74, 6) is 0.361. The summed E-state index contributed by atoms with van der Waals surface area (Å²) in [6, 6.07) is 10.5. The third kappa shape index (κ3) is 3.36. The van der Waals surface area contributed by atoms with Crippen LogP contribution in [0.5, 0.6) is 0 Å². The largest absolute Gasteiger partial charge is 0.398 e. The van der Waals surface area contributed by atoms with Crippen LogP contribution in [-0.4, -0.2) is 15.0 Å². The predicted octanol–water partition coefficient (Wildman–Crippen LogP) is 3.14. The van der Waals surface area contributed by atoms with Gasteiger partial charge in [-0.15, -0.1) is 0 Å². The van der Waals surface area contributed by atoms with Gasteiger partial charge in [-0.25, -0.2) is 13.1 Å². The lowest BCUT2D eigenvalue weighted by Gasteiger charge is -2.15. The van der Waals surface area contributed by atoms with Crippen molar-refractivity contribution >= 4 is 26.5 Å². The Labute approximate surface area is 126 Å². The monoisotopic (exact) mass is 306 g/mol. The molecule has 3 N–H and O–H groups in total. The molecule has 4 nitrogen and oxygen atoms in total. The molecule has 0 atom stereocenters. The van der Waals surface area contributed by atoms with Crippen LogP contribution in [-0.2, 0) is 10.0 Å². The van der Waals surface area contributed by atoms with E-state index in [-0.39, 0.29) is 0 Å². The van der Waals surface area contributed by atoms with E-state index < -0.39 is 10.0 Å². The second-order valence-electron chi connectivity index (χ2n) is 5.23. The SMILES string of the molecule is CCC(CC)CNS(=O)(=O)c1ccc(N)c2ccccc12. The van der Waals surface area contributed by atoms with E-state index in [0.29, 0.717) is 28.4 Å². The molecule has 0 saturated heterocycles. The minimum absolute atomic E-state index is 0.290. The topological polar surface area (TPSA) is 72.2 Å². The molecule has 0 saturated carbocycles. The maximum atomic E-state index is 12.5. The van der Waals surface area contributed by atoms with E-state index in [0.717, 1.165) is 18.2 Å². The number of sulfonamides is 1. The summed E-state index contributed by atoms with van der Waals surface area (Å²) >= 11 is 0. The highest BCUT2D eigenvalue weighted by Crippen LogP contribution is 2.27. The van der Waals surface area contributed by atoms with Crippen LogP contribution in [0, 0.1) is 5.92 Å². The minimum atomic E-state index is -3.52. The summed E-state index contributed by atoms with van der Waals surface area (Å²) in [5.41, 5.74) is 6.51. The molecule has 114 valence electrons. The van der Waals surface area contributed by atoms with Crippen LogP contribution in [0.15, 0.2) is 41.3 Å².